The van der Waals surface area contributed by atoms with Crippen molar-refractivity contribution >= 4 is 35.8 Å². The van der Waals surface area contributed by atoms with E-state index in [-0.39, 0.29) is 29.9 Å². The summed E-state index contributed by atoms with van der Waals surface area (Å²) in [5, 5.41) is 6.26. The van der Waals surface area contributed by atoms with Gasteiger partial charge in [0.05, 0.1) is 18.6 Å². The summed E-state index contributed by atoms with van der Waals surface area (Å²) in [4.78, 5) is 18.8. The third-order valence-electron chi connectivity index (χ3n) is 4.90. The first-order valence-electron chi connectivity index (χ1n) is 9.82. The van der Waals surface area contributed by atoms with Crippen LogP contribution in [0.5, 0.6) is 0 Å². The van der Waals surface area contributed by atoms with E-state index in [4.69, 9.17) is 4.74 Å². The highest BCUT2D eigenvalue weighted by Crippen LogP contribution is 2.18. The van der Waals surface area contributed by atoms with E-state index in [2.05, 4.69) is 32.7 Å². The highest BCUT2D eigenvalue weighted by molar-refractivity contribution is 14.0. The normalized spacial score (nSPS) is 17.2. The fraction of sp³-hybridized carbons (Fsp3) is 0.619. The van der Waals surface area contributed by atoms with E-state index in [1.54, 1.807) is 7.05 Å². The predicted octanol–water partition coefficient (Wildman–Crippen LogP) is 2.88. The van der Waals surface area contributed by atoms with Crippen LogP contribution in [0.4, 0.5) is 0 Å². The molecule has 1 unspecified atom stereocenters. The number of amides is 1. The van der Waals surface area contributed by atoms with Crippen LogP contribution in [0.3, 0.4) is 0 Å². The second-order valence-corrected chi connectivity index (χ2v) is 7.75. The predicted molar refractivity (Wildman–Crippen MR) is 125 cm³/mol. The molecular weight excluding hydrogens is 467 g/mol. The molecule has 7 heteroatoms. The first kappa shape index (κ1) is 24.7. The number of carbonyl (C=O) groups is 1. The number of hydrogen-bond donors (Lipinski definition) is 2. The van der Waals surface area contributed by atoms with Gasteiger partial charge in [-0.15, -0.1) is 24.0 Å². The number of ether oxygens (including phenoxy) is 1. The number of benzene rings is 1. The summed E-state index contributed by atoms with van der Waals surface area (Å²) in [6.45, 7) is 10.3. The van der Waals surface area contributed by atoms with Gasteiger partial charge in [-0.25, -0.2) is 0 Å². The molecule has 2 rings (SSSR count). The van der Waals surface area contributed by atoms with Crippen LogP contribution in [-0.2, 0) is 16.1 Å². The number of guanidine groups is 1. The monoisotopic (exact) mass is 502 g/mol. The Labute approximate surface area is 186 Å². The van der Waals surface area contributed by atoms with Gasteiger partial charge >= 0.3 is 0 Å². The van der Waals surface area contributed by atoms with Crippen molar-refractivity contribution in [2.45, 2.75) is 33.8 Å². The number of carbonyl (C=O) groups excluding carboxylic acids is 1. The number of halogens is 1. The quantitative estimate of drug-likeness (QED) is 0.326. The Kier molecular flexibility index (Phi) is 10.8. The van der Waals surface area contributed by atoms with E-state index < -0.39 is 5.41 Å². The zero-order valence-electron chi connectivity index (χ0n) is 17.5. The molecule has 0 saturated carbocycles. The van der Waals surface area contributed by atoms with Crippen molar-refractivity contribution in [3.63, 3.8) is 0 Å². The Morgan fingerprint density at radius 2 is 2.00 bits per heavy atom. The lowest BCUT2D eigenvalue weighted by molar-refractivity contribution is -0.128. The van der Waals surface area contributed by atoms with Gasteiger partial charge in [-0.05, 0) is 32.8 Å². The average molecular weight is 502 g/mol. The Morgan fingerprint density at radius 1 is 1.29 bits per heavy atom. The molecule has 1 atom stereocenters. The summed E-state index contributed by atoms with van der Waals surface area (Å²) in [5.74, 6) is 1.42. The number of nitrogens with zero attached hydrogens (tertiary/aromatic N) is 2. The van der Waals surface area contributed by atoms with Gasteiger partial charge in [0.2, 0.25) is 5.91 Å². The topological polar surface area (TPSA) is 66.0 Å². The van der Waals surface area contributed by atoms with Crippen LogP contribution in [0, 0.1) is 11.3 Å². The SMILES string of the molecule is CCNC(=O)C(C)(C)CNC(=NC)N1CCC(COCc2ccccc2)C1.I. The molecule has 1 aliphatic rings. The van der Waals surface area contributed by atoms with Crippen molar-refractivity contribution in [3.05, 3.63) is 35.9 Å². The maximum absolute atomic E-state index is 12.2. The van der Waals surface area contributed by atoms with Gasteiger partial charge in [-0.2, -0.15) is 0 Å². The second kappa shape index (κ2) is 12.3. The van der Waals surface area contributed by atoms with E-state index in [9.17, 15) is 4.79 Å². The lowest BCUT2D eigenvalue weighted by Gasteiger charge is -2.28. The summed E-state index contributed by atoms with van der Waals surface area (Å²) in [6.07, 6.45) is 1.09. The van der Waals surface area contributed by atoms with Crippen molar-refractivity contribution in [1.82, 2.24) is 15.5 Å². The standard InChI is InChI=1S/C21H34N4O2.HI/c1-5-23-19(26)21(2,3)16-24-20(22-4)25-12-11-18(13-25)15-27-14-17-9-7-6-8-10-17;/h6-10,18H,5,11-16H2,1-4H3,(H,22,24)(H,23,26);1H. The molecular formula is C21H35IN4O2. The second-order valence-electron chi connectivity index (χ2n) is 7.75. The maximum atomic E-state index is 12.2. The number of aliphatic imine (C=N–C) groups is 1. The number of nitrogens with one attached hydrogen (secondary N) is 2. The number of rotatable bonds is 8. The molecule has 158 valence electrons. The van der Waals surface area contributed by atoms with Crippen LogP contribution >= 0.6 is 24.0 Å². The minimum Gasteiger partial charge on any atom is -0.376 e. The van der Waals surface area contributed by atoms with E-state index in [0.29, 0.717) is 25.6 Å². The minimum atomic E-state index is -0.482. The largest absolute Gasteiger partial charge is 0.376 e. The molecule has 1 heterocycles. The minimum absolute atomic E-state index is 0. The molecule has 1 fully saturated rings. The van der Waals surface area contributed by atoms with Crippen LogP contribution in [0.2, 0.25) is 0 Å². The average Bonchev–Trinajstić information content (AvgIpc) is 3.12. The summed E-state index contributed by atoms with van der Waals surface area (Å²) >= 11 is 0. The van der Waals surface area contributed by atoms with Crippen molar-refractivity contribution < 1.29 is 9.53 Å². The van der Waals surface area contributed by atoms with Crippen LogP contribution in [0.15, 0.2) is 35.3 Å². The first-order chi connectivity index (χ1) is 13.0. The molecule has 0 aromatic heterocycles. The fourth-order valence-corrected chi connectivity index (χ4v) is 3.19. The van der Waals surface area contributed by atoms with Crippen LogP contribution in [0.1, 0.15) is 32.8 Å². The smallest absolute Gasteiger partial charge is 0.227 e. The van der Waals surface area contributed by atoms with E-state index >= 15 is 0 Å². The summed E-state index contributed by atoms with van der Waals surface area (Å²) < 4.78 is 5.90. The Bertz CT molecular complexity index is 622. The van der Waals surface area contributed by atoms with Gasteiger partial charge < -0.3 is 20.3 Å². The summed E-state index contributed by atoms with van der Waals surface area (Å²) in [7, 11) is 1.79. The molecule has 0 aliphatic carbocycles. The Hall–Kier alpha value is -1.35. The lowest BCUT2D eigenvalue weighted by atomic mass is 9.92. The van der Waals surface area contributed by atoms with Gasteiger partial charge in [0, 0.05) is 39.1 Å². The summed E-state index contributed by atoms with van der Waals surface area (Å²) in [5.41, 5.74) is 0.724. The molecule has 0 bridgehead atoms. The first-order valence-corrected chi connectivity index (χ1v) is 9.82. The maximum Gasteiger partial charge on any atom is 0.227 e. The molecule has 1 aromatic rings. The molecule has 1 aromatic carbocycles. The molecule has 2 N–H and O–H groups in total. The Morgan fingerprint density at radius 3 is 2.64 bits per heavy atom. The molecule has 28 heavy (non-hydrogen) atoms. The fourth-order valence-electron chi connectivity index (χ4n) is 3.19. The van der Waals surface area contributed by atoms with Gasteiger partial charge in [0.25, 0.3) is 0 Å². The molecule has 0 spiro atoms. The number of likely N-dealkylation sites (tertiary alicyclic amines) is 1. The van der Waals surface area contributed by atoms with Crippen molar-refractivity contribution in [2.24, 2.45) is 16.3 Å². The zero-order chi connectivity index (χ0) is 19.7. The van der Waals surface area contributed by atoms with E-state index in [0.717, 1.165) is 32.1 Å². The molecule has 1 saturated heterocycles. The van der Waals surface area contributed by atoms with Crippen molar-refractivity contribution in [2.75, 3.05) is 39.8 Å². The Balaban J connectivity index is 0.00000392. The van der Waals surface area contributed by atoms with Gasteiger partial charge in [-0.3, -0.25) is 9.79 Å². The third-order valence-corrected chi connectivity index (χ3v) is 4.90. The van der Waals surface area contributed by atoms with Gasteiger partial charge in [0.15, 0.2) is 5.96 Å². The van der Waals surface area contributed by atoms with Gasteiger partial charge in [-0.1, -0.05) is 30.3 Å². The molecule has 1 amide bonds. The van der Waals surface area contributed by atoms with Crippen LogP contribution < -0.4 is 10.6 Å². The van der Waals surface area contributed by atoms with Crippen molar-refractivity contribution in [3.8, 4) is 0 Å². The molecule has 6 nitrogen and oxygen atoms in total. The summed E-state index contributed by atoms with van der Waals surface area (Å²) in [6, 6.07) is 10.3. The molecule has 1 aliphatic heterocycles. The van der Waals surface area contributed by atoms with E-state index in [1.165, 1.54) is 5.56 Å². The highest BCUT2D eigenvalue weighted by atomic mass is 127. The lowest BCUT2D eigenvalue weighted by Crippen LogP contribution is -2.48. The molecule has 0 radical (unpaired) electrons. The number of hydrogen-bond acceptors (Lipinski definition) is 3. The van der Waals surface area contributed by atoms with Gasteiger partial charge in [0.1, 0.15) is 0 Å². The highest BCUT2D eigenvalue weighted by Gasteiger charge is 2.29. The van der Waals surface area contributed by atoms with Crippen LogP contribution in [0.25, 0.3) is 0 Å². The van der Waals surface area contributed by atoms with E-state index in [1.807, 2.05) is 39.0 Å². The third kappa shape index (κ3) is 7.58. The van der Waals surface area contributed by atoms with Crippen LogP contribution in [-0.4, -0.2) is 56.6 Å². The van der Waals surface area contributed by atoms with Crippen molar-refractivity contribution in [1.29, 1.82) is 0 Å². The zero-order valence-corrected chi connectivity index (χ0v) is 19.9.